The van der Waals surface area contributed by atoms with Crippen LogP contribution in [-0.2, 0) is 10.1 Å². The molecule has 4 N–H and O–H groups in total. The molecule has 0 aromatic heterocycles. The molecule has 0 atom stereocenters. The lowest BCUT2D eigenvalue weighted by atomic mass is 9.98. The van der Waals surface area contributed by atoms with Gasteiger partial charge in [-0.3, -0.25) is 4.55 Å². The number of aliphatic hydroxyl groups is 2. The van der Waals surface area contributed by atoms with Gasteiger partial charge in [-0.2, -0.15) is 8.42 Å². The molecule has 7 heteroatoms. The first-order valence-electron chi connectivity index (χ1n) is 4.81. The van der Waals surface area contributed by atoms with Gasteiger partial charge in [0.25, 0.3) is 10.1 Å². The molecule has 0 fully saturated rings. The van der Waals surface area contributed by atoms with Crippen LogP contribution < -0.4 is 5.32 Å². The maximum Gasteiger partial charge on any atom is 0.264 e. The highest BCUT2D eigenvalue weighted by molar-refractivity contribution is 7.85. The number of nitrogens with one attached hydrogen (secondary N) is 1. The van der Waals surface area contributed by atoms with Gasteiger partial charge in [0.05, 0.1) is 24.5 Å². The van der Waals surface area contributed by atoms with Gasteiger partial charge in [0, 0.05) is 0 Å². The Morgan fingerprint density at radius 3 is 2.13 bits per heavy atom. The minimum absolute atomic E-state index is 0.216. The van der Waals surface area contributed by atoms with Crippen LogP contribution in [0.1, 0.15) is 19.8 Å². The summed E-state index contributed by atoms with van der Waals surface area (Å²) in [4.78, 5) is 0. The van der Waals surface area contributed by atoms with Gasteiger partial charge >= 0.3 is 0 Å². The largest absolute Gasteiger partial charge is 0.394 e. The fourth-order valence-corrected chi connectivity index (χ4v) is 1.63. The predicted molar refractivity (Wildman–Crippen MR) is 56.2 cm³/mol. The van der Waals surface area contributed by atoms with Crippen molar-refractivity contribution in [1.29, 1.82) is 0 Å². The predicted octanol–water partition coefficient (Wildman–Crippen LogP) is -1.01. The first kappa shape index (κ1) is 14.8. The average molecular weight is 241 g/mol. The summed E-state index contributed by atoms with van der Waals surface area (Å²) in [5, 5.41) is 21.0. The van der Waals surface area contributed by atoms with Gasteiger partial charge in [0.1, 0.15) is 0 Å². The van der Waals surface area contributed by atoms with Crippen molar-refractivity contribution in [3.05, 3.63) is 0 Å². The molecule has 0 aromatic rings. The van der Waals surface area contributed by atoms with Crippen molar-refractivity contribution in [3.63, 3.8) is 0 Å². The Morgan fingerprint density at radius 1 is 1.27 bits per heavy atom. The summed E-state index contributed by atoms with van der Waals surface area (Å²) in [6.07, 6.45) is 0.770. The third kappa shape index (κ3) is 6.06. The van der Waals surface area contributed by atoms with Crippen LogP contribution in [0.2, 0.25) is 0 Å². The SMILES string of the molecule is CCC(CO)(CO)NCCCS(=O)(=O)O. The number of hydrogen-bond acceptors (Lipinski definition) is 5. The van der Waals surface area contributed by atoms with Crippen LogP contribution in [0, 0.1) is 0 Å². The van der Waals surface area contributed by atoms with Gasteiger partial charge in [-0.05, 0) is 19.4 Å². The van der Waals surface area contributed by atoms with E-state index in [1.165, 1.54) is 0 Å². The second kappa shape index (κ2) is 6.39. The summed E-state index contributed by atoms with van der Waals surface area (Å²) in [5.74, 6) is -0.323. The summed E-state index contributed by atoms with van der Waals surface area (Å²) < 4.78 is 29.3. The van der Waals surface area contributed by atoms with E-state index in [1.807, 2.05) is 6.92 Å². The molecule has 0 spiro atoms. The van der Waals surface area contributed by atoms with Gasteiger partial charge in [-0.25, -0.2) is 0 Å². The highest BCUT2D eigenvalue weighted by Gasteiger charge is 2.25. The topological polar surface area (TPSA) is 107 Å². The first-order chi connectivity index (χ1) is 6.89. The maximum atomic E-state index is 10.4. The van der Waals surface area contributed by atoms with E-state index in [1.54, 1.807) is 0 Å². The van der Waals surface area contributed by atoms with Crippen molar-refractivity contribution in [2.45, 2.75) is 25.3 Å². The second-order valence-corrected chi connectivity index (χ2v) is 5.09. The van der Waals surface area contributed by atoms with Crippen LogP contribution in [0.25, 0.3) is 0 Å². The average Bonchev–Trinajstić information content (AvgIpc) is 2.18. The standard InChI is InChI=1S/C8H19NO5S/c1-2-8(6-10,7-11)9-4-3-5-15(12,13)14/h9-11H,2-7H2,1H3,(H,12,13,14). The van der Waals surface area contributed by atoms with Crippen molar-refractivity contribution in [1.82, 2.24) is 5.32 Å². The van der Waals surface area contributed by atoms with Crippen molar-refractivity contribution in [3.8, 4) is 0 Å². The molecule has 0 bridgehead atoms. The Bertz CT molecular complexity index is 252. The number of aliphatic hydroxyl groups excluding tert-OH is 2. The lowest BCUT2D eigenvalue weighted by molar-refractivity contribution is 0.0881. The van der Waals surface area contributed by atoms with Crippen molar-refractivity contribution < 1.29 is 23.2 Å². The highest BCUT2D eigenvalue weighted by atomic mass is 32.2. The molecule has 0 unspecified atom stereocenters. The Morgan fingerprint density at radius 2 is 1.80 bits per heavy atom. The Hall–Kier alpha value is -0.210. The zero-order chi connectivity index (χ0) is 11.9. The molecule has 0 radical (unpaired) electrons. The highest BCUT2D eigenvalue weighted by Crippen LogP contribution is 2.07. The molecule has 6 nitrogen and oxygen atoms in total. The first-order valence-corrected chi connectivity index (χ1v) is 6.42. The van der Waals surface area contributed by atoms with Crippen LogP contribution in [0.5, 0.6) is 0 Å². The number of hydrogen-bond donors (Lipinski definition) is 4. The minimum atomic E-state index is -3.93. The van der Waals surface area contributed by atoms with Gasteiger partial charge in [0.15, 0.2) is 0 Å². The van der Waals surface area contributed by atoms with E-state index in [2.05, 4.69) is 5.32 Å². The molecule has 0 amide bonds. The second-order valence-electron chi connectivity index (χ2n) is 3.52. The summed E-state index contributed by atoms with van der Waals surface area (Å²) in [7, 11) is -3.93. The molecule has 0 aliphatic rings. The van der Waals surface area contributed by atoms with E-state index in [4.69, 9.17) is 14.8 Å². The molecule has 92 valence electrons. The van der Waals surface area contributed by atoms with Crippen LogP contribution >= 0.6 is 0 Å². The van der Waals surface area contributed by atoms with Gasteiger partial charge < -0.3 is 15.5 Å². The van der Waals surface area contributed by atoms with E-state index < -0.39 is 15.7 Å². The van der Waals surface area contributed by atoms with Crippen molar-refractivity contribution >= 4 is 10.1 Å². The molecule has 0 aromatic carbocycles. The number of rotatable bonds is 8. The monoisotopic (exact) mass is 241 g/mol. The van der Waals surface area contributed by atoms with E-state index in [9.17, 15) is 8.42 Å². The maximum absolute atomic E-state index is 10.4. The normalized spacial score (nSPS) is 13.1. The third-order valence-corrected chi connectivity index (χ3v) is 3.17. The fraction of sp³-hybridized carbons (Fsp3) is 1.00. The van der Waals surface area contributed by atoms with E-state index in [0.29, 0.717) is 13.0 Å². The quantitative estimate of drug-likeness (QED) is 0.320. The van der Waals surface area contributed by atoms with Gasteiger partial charge in [-0.1, -0.05) is 6.92 Å². The lowest BCUT2D eigenvalue weighted by Gasteiger charge is -2.29. The van der Waals surface area contributed by atoms with E-state index in [-0.39, 0.29) is 25.4 Å². The molecule has 0 aliphatic carbocycles. The molecular formula is C8H19NO5S. The molecule has 0 rings (SSSR count). The van der Waals surface area contributed by atoms with Crippen LogP contribution in [0.3, 0.4) is 0 Å². The van der Waals surface area contributed by atoms with Crippen LogP contribution in [0.15, 0.2) is 0 Å². The summed E-state index contributed by atoms with van der Waals surface area (Å²) in [5.41, 5.74) is -0.765. The summed E-state index contributed by atoms with van der Waals surface area (Å²) in [6.45, 7) is 1.69. The zero-order valence-corrected chi connectivity index (χ0v) is 9.63. The van der Waals surface area contributed by atoms with Gasteiger partial charge in [-0.15, -0.1) is 0 Å². The van der Waals surface area contributed by atoms with E-state index in [0.717, 1.165) is 0 Å². The molecule has 0 saturated heterocycles. The molecule has 0 saturated carbocycles. The lowest BCUT2D eigenvalue weighted by Crippen LogP contribution is -2.51. The summed E-state index contributed by atoms with van der Waals surface area (Å²) in [6, 6.07) is 0. The Kier molecular flexibility index (Phi) is 6.30. The van der Waals surface area contributed by atoms with Crippen molar-refractivity contribution in [2.24, 2.45) is 0 Å². The smallest absolute Gasteiger partial charge is 0.264 e. The molecule has 0 heterocycles. The molecular weight excluding hydrogens is 222 g/mol. The van der Waals surface area contributed by atoms with Crippen molar-refractivity contribution in [2.75, 3.05) is 25.5 Å². The van der Waals surface area contributed by atoms with E-state index >= 15 is 0 Å². The minimum Gasteiger partial charge on any atom is -0.394 e. The Balaban J connectivity index is 3.92. The van der Waals surface area contributed by atoms with Crippen LogP contribution in [0.4, 0.5) is 0 Å². The van der Waals surface area contributed by atoms with Gasteiger partial charge in [0.2, 0.25) is 0 Å². The molecule has 0 aliphatic heterocycles. The Labute approximate surface area is 90.1 Å². The zero-order valence-electron chi connectivity index (χ0n) is 8.81. The molecule has 15 heavy (non-hydrogen) atoms. The fourth-order valence-electron chi connectivity index (χ4n) is 1.12. The third-order valence-electron chi connectivity index (χ3n) is 2.36. The summed E-state index contributed by atoms with van der Waals surface area (Å²) >= 11 is 0. The van der Waals surface area contributed by atoms with Crippen LogP contribution in [-0.4, -0.2) is 54.2 Å².